The zero-order valence-electron chi connectivity index (χ0n) is 11.4. The Bertz CT molecular complexity index is 460. The molecule has 1 amide bonds. The second kappa shape index (κ2) is 5.93. The molecule has 0 saturated heterocycles. The van der Waals surface area contributed by atoms with Gasteiger partial charge in [0.1, 0.15) is 0 Å². The predicted molar refractivity (Wildman–Crippen MR) is 71.9 cm³/mol. The molecule has 0 aliphatic carbocycles. The Labute approximate surface area is 113 Å². The number of nitrogens with zero attached hydrogens (tertiary/aromatic N) is 1. The summed E-state index contributed by atoms with van der Waals surface area (Å²) in [6.45, 7) is 5.70. The van der Waals surface area contributed by atoms with Crippen molar-refractivity contribution >= 4 is 5.91 Å². The van der Waals surface area contributed by atoms with Crippen LogP contribution in [0, 0.1) is 5.92 Å². The summed E-state index contributed by atoms with van der Waals surface area (Å²) in [5.41, 5.74) is 6.48. The van der Waals surface area contributed by atoms with Crippen molar-refractivity contribution in [2.45, 2.75) is 20.4 Å². The first kappa shape index (κ1) is 13.7. The SMILES string of the molecule is CC(C)CN(Cc1ccc2c(c1)OCO2)C(=O)CN. The molecule has 1 aliphatic rings. The average Bonchev–Trinajstić information content (AvgIpc) is 2.84. The van der Waals surface area contributed by atoms with Gasteiger partial charge in [-0.05, 0) is 23.6 Å². The van der Waals surface area contributed by atoms with Gasteiger partial charge in [0.15, 0.2) is 11.5 Å². The van der Waals surface area contributed by atoms with E-state index in [0.717, 1.165) is 17.1 Å². The summed E-state index contributed by atoms with van der Waals surface area (Å²) in [5.74, 6) is 1.86. The van der Waals surface area contributed by atoms with Crippen molar-refractivity contribution in [3.05, 3.63) is 23.8 Å². The van der Waals surface area contributed by atoms with Crippen molar-refractivity contribution in [1.29, 1.82) is 0 Å². The van der Waals surface area contributed by atoms with Gasteiger partial charge in [-0.1, -0.05) is 19.9 Å². The minimum atomic E-state index is -0.0358. The molecule has 5 heteroatoms. The summed E-state index contributed by atoms with van der Waals surface area (Å²) in [4.78, 5) is 13.6. The molecule has 5 nitrogen and oxygen atoms in total. The Balaban J connectivity index is 2.10. The molecule has 0 saturated carbocycles. The van der Waals surface area contributed by atoms with E-state index in [-0.39, 0.29) is 19.2 Å². The van der Waals surface area contributed by atoms with Crippen LogP contribution in [0.15, 0.2) is 18.2 Å². The summed E-state index contributed by atoms with van der Waals surface area (Å²) >= 11 is 0. The maximum atomic E-state index is 11.8. The molecule has 0 bridgehead atoms. The van der Waals surface area contributed by atoms with Crippen LogP contribution in [0.25, 0.3) is 0 Å². The molecule has 0 spiro atoms. The third-order valence-electron chi connectivity index (χ3n) is 2.92. The molecule has 2 rings (SSSR count). The van der Waals surface area contributed by atoms with Gasteiger partial charge in [-0.3, -0.25) is 4.79 Å². The van der Waals surface area contributed by atoms with Crippen LogP contribution >= 0.6 is 0 Å². The first-order valence-electron chi connectivity index (χ1n) is 6.46. The zero-order chi connectivity index (χ0) is 13.8. The standard InChI is InChI=1S/C14H20N2O3/c1-10(2)7-16(14(17)6-15)8-11-3-4-12-13(5-11)19-9-18-12/h3-5,10H,6-9,15H2,1-2H3. The molecule has 19 heavy (non-hydrogen) atoms. The number of ether oxygens (including phenoxy) is 2. The highest BCUT2D eigenvalue weighted by molar-refractivity contribution is 5.78. The molecule has 1 aromatic carbocycles. The highest BCUT2D eigenvalue weighted by atomic mass is 16.7. The van der Waals surface area contributed by atoms with Crippen LogP contribution < -0.4 is 15.2 Å². The van der Waals surface area contributed by atoms with E-state index >= 15 is 0 Å². The lowest BCUT2D eigenvalue weighted by atomic mass is 10.1. The van der Waals surface area contributed by atoms with Crippen molar-refractivity contribution in [3.63, 3.8) is 0 Å². The van der Waals surface area contributed by atoms with Crippen molar-refractivity contribution in [2.24, 2.45) is 11.7 Å². The van der Waals surface area contributed by atoms with Crippen LogP contribution in [0.4, 0.5) is 0 Å². The fourth-order valence-corrected chi connectivity index (χ4v) is 2.08. The molecule has 0 aromatic heterocycles. The summed E-state index contributed by atoms with van der Waals surface area (Å²) in [5, 5.41) is 0. The van der Waals surface area contributed by atoms with Gasteiger partial charge in [-0.15, -0.1) is 0 Å². The summed E-state index contributed by atoms with van der Waals surface area (Å²) in [7, 11) is 0. The van der Waals surface area contributed by atoms with Crippen LogP contribution in [-0.4, -0.2) is 30.7 Å². The number of hydrogen-bond acceptors (Lipinski definition) is 4. The Morgan fingerprint density at radius 3 is 2.79 bits per heavy atom. The lowest BCUT2D eigenvalue weighted by Crippen LogP contribution is -2.37. The number of hydrogen-bond donors (Lipinski definition) is 1. The summed E-state index contributed by atoms with van der Waals surface area (Å²) in [6.07, 6.45) is 0. The predicted octanol–water partition coefficient (Wildman–Crippen LogP) is 1.36. The van der Waals surface area contributed by atoms with E-state index in [2.05, 4.69) is 13.8 Å². The van der Waals surface area contributed by atoms with Gasteiger partial charge < -0.3 is 20.1 Å². The van der Waals surface area contributed by atoms with Crippen molar-refractivity contribution < 1.29 is 14.3 Å². The third-order valence-corrected chi connectivity index (χ3v) is 2.92. The van der Waals surface area contributed by atoms with E-state index in [9.17, 15) is 4.79 Å². The zero-order valence-corrected chi connectivity index (χ0v) is 11.4. The maximum absolute atomic E-state index is 11.8. The van der Waals surface area contributed by atoms with Gasteiger partial charge in [0.05, 0.1) is 6.54 Å². The topological polar surface area (TPSA) is 64.8 Å². The summed E-state index contributed by atoms with van der Waals surface area (Å²) < 4.78 is 10.6. The largest absolute Gasteiger partial charge is 0.454 e. The van der Waals surface area contributed by atoms with Crippen LogP contribution in [-0.2, 0) is 11.3 Å². The molecular weight excluding hydrogens is 244 g/mol. The molecular formula is C14H20N2O3. The maximum Gasteiger partial charge on any atom is 0.236 e. The van der Waals surface area contributed by atoms with Gasteiger partial charge in [0.25, 0.3) is 0 Å². The number of carbonyl (C=O) groups excluding carboxylic acids is 1. The molecule has 0 unspecified atom stereocenters. The molecule has 0 fully saturated rings. The first-order chi connectivity index (χ1) is 9.10. The molecule has 1 aromatic rings. The van der Waals surface area contributed by atoms with Crippen LogP contribution in [0.2, 0.25) is 0 Å². The minimum absolute atomic E-state index is 0.0358. The van der Waals surface area contributed by atoms with E-state index in [0.29, 0.717) is 19.0 Å². The number of fused-ring (bicyclic) bond motifs is 1. The summed E-state index contributed by atoms with van der Waals surface area (Å²) in [6, 6.07) is 5.74. The van der Waals surface area contributed by atoms with Gasteiger partial charge >= 0.3 is 0 Å². The highest BCUT2D eigenvalue weighted by Crippen LogP contribution is 2.32. The number of benzene rings is 1. The fraction of sp³-hybridized carbons (Fsp3) is 0.500. The van der Waals surface area contributed by atoms with E-state index in [1.165, 1.54) is 0 Å². The Hall–Kier alpha value is -1.75. The van der Waals surface area contributed by atoms with Gasteiger partial charge in [-0.2, -0.15) is 0 Å². The number of carbonyl (C=O) groups is 1. The molecule has 0 atom stereocenters. The van der Waals surface area contributed by atoms with Crippen molar-refractivity contribution in [2.75, 3.05) is 19.9 Å². The average molecular weight is 264 g/mol. The molecule has 0 radical (unpaired) electrons. The second-order valence-corrected chi connectivity index (χ2v) is 5.06. The van der Waals surface area contributed by atoms with Gasteiger partial charge in [-0.25, -0.2) is 0 Å². The molecule has 1 heterocycles. The quantitative estimate of drug-likeness (QED) is 0.872. The Morgan fingerprint density at radius 2 is 2.11 bits per heavy atom. The van der Waals surface area contributed by atoms with Crippen molar-refractivity contribution in [3.8, 4) is 11.5 Å². The van der Waals surface area contributed by atoms with Gasteiger partial charge in [0.2, 0.25) is 12.7 Å². The molecule has 2 N–H and O–H groups in total. The monoisotopic (exact) mass is 264 g/mol. The van der Waals surface area contributed by atoms with E-state index in [4.69, 9.17) is 15.2 Å². The van der Waals surface area contributed by atoms with E-state index in [1.54, 1.807) is 4.90 Å². The molecule has 1 aliphatic heterocycles. The minimum Gasteiger partial charge on any atom is -0.454 e. The fourth-order valence-electron chi connectivity index (χ4n) is 2.08. The number of rotatable bonds is 5. The second-order valence-electron chi connectivity index (χ2n) is 5.06. The van der Waals surface area contributed by atoms with E-state index in [1.807, 2.05) is 18.2 Å². The first-order valence-corrected chi connectivity index (χ1v) is 6.46. The third kappa shape index (κ3) is 3.38. The lowest BCUT2D eigenvalue weighted by molar-refractivity contribution is -0.130. The van der Waals surface area contributed by atoms with Crippen LogP contribution in [0.1, 0.15) is 19.4 Å². The normalized spacial score (nSPS) is 12.8. The van der Waals surface area contributed by atoms with Gasteiger partial charge in [0, 0.05) is 13.1 Å². The Kier molecular flexibility index (Phi) is 4.27. The Morgan fingerprint density at radius 1 is 1.37 bits per heavy atom. The number of amides is 1. The smallest absolute Gasteiger partial charge is 0.236 e. The van der Waals surface area contributed by atoms with Crippen molar-refractivity contribution in [1.82, 2.24) is 4.90 Å². The highest BCUT2D eigenvalue weighted by Gasteiger charge is 2.17. The van der Waals surface area contributed by atoms with Crippen LogP contribution in [0.3, 0.4) is 0 Å². The van der Waals surface area contributed by atoms with E-state index < -0.39 is 0 Å². The van der Waals surface area contributed by atoms with Crippen LogP contribution in [0.5, 0.6) is 11.5 Å². The molecule has 104 valence electrons. The lowest BCUT2D eigenvalue weighted by Gasteiger charge is -2.24. The number of nitrogens with two attached hydrogens (primary N) is 1.